The number of ether oxygens (including phenoxy) is 2. The minimum Gasteiger partial charge on any atom is -0.481 e. The Balaban J connectivity index is 1.71. The Morgan fingerprint density at radius 2 is 2.07 bits per heavy atom. The number of imidazole rings is 1. The molecule has 148 valence electrons. The second-order valence-electron chi connectivity index (χ2n) is 6.83. The van der Waals surface area contributed by atoms with E-state index in [1.807, 2.05) is 4.57 Å². The number of aromatic nitrogens is 5. The van der Waals surface area contributed by atoms with Gasteiger partial charge in [-0.25, -0.2) is 9.97 Å². The number of hydrogen-bond acceptors (Lipinski definition) is 7. The normalized spacial score (nSPS) is 15.1. The van der Waals surface area contributed by atoms with Crippen LogP contribution >= 0.6 is 0 Å². The predicted molar refractivity (Wildman–Crippen MR) is 104 cm³/mol. The lowest BCUT2D eigenvalue weighted by atomic mass is 9.97. The van der Waals surface area contributed by atoms with Gasteiger partial charge < -0.3 is 19.4 Å². The summed E-state index contributed by atoms with van der Waals surface area (Å²) in [7, 11) is 1.54. The first kappa shape index (κ1) is 18.4. The number of aromatic amines is 1. The van der Waals surface area contributed by atoms with Gasteiger partial charge in [0.05, 0.1) is 13.3 Å². The molecular formula is C19H24N6O3. The SMILES string of the molecule is CCCn1c(C2CCNCC2)nc2nc(Oc3ccc(OC)nc3)[nH]c(=O)c21. The van der Waals surface area contributed by atoms with Crippen LogP contribution in [-0.4, -0.2) is 44.7 Å². The third-order valence-corrected chi connectivity index (χ3v) is 4.91. The average Bonchev–Trinajstić information content (AvgIpc) is 3.08. The fraction of sp³-hybridized carbons (Fsp3) is 0.474. The zero-order valence-corrected chi connectivity index (χ0v) is 16.1. The minimum atomic E-state index is -0.248. The van der Waals surface area contributed by atoms with Crippen LogP contribution in [0, 0.1) is 0 Å². The average molecular weight is 384 g/mol. The van der Waals surface area contributed by atoms with Crippen molar-refractivity contribution < 1.29 is 9.47 Å². The van der Waals surface area contributed by atoms with Crippen LogP contribution in [0.5, 0.6) is 17.6 Å². The first-order valence-electron chi connectivity index (χ1n) is 9.58. The molecule has 3 aromatic rings. The molecule has 0 unspecified atom stereocenters. The number of rotatable bonds is 6. The van der Waals surface area contributed by atoms with Crippen LogP contribution in [0.2, 0.25) is 0 Å². The van der Waals surface area contributed by atoms with Crippen LogP contribution in [0.3, 0.4) is 0 Å². The molecule has 0 amide bonds. The van der Waals surface area contributed by atoms with Gasteiger partial charge in [-0.1, -0.05) is 6.92 Å². The van der Waals surface area contributed by atoms with Crippen molar-refractivity contribution in [2.45, 2.75) is 38.6 Å². The second-order valence-corrected chi connectivity index (χ2v) is 6.83. The Kier molecular flexibility index (Phi) is 5.25. The van der Waals surface area contributed by atoms with Crippen molar-refractivity contribution in [2.75, 3.05) is 20.2 Å². The number of fused-ring (bicyclic) bond motifs is 1. The highest BCUT2D eigenvalue weighted by Crippen LogP contribution is 2.27. The molecule has 0 radical (unpaired) electrons. The van der Waals surface area contributed by atoms with Crippen molar-refractivity contribution in [3.63, 3.8) is 0 Å². The molecule has 4 heterocycles. The van der Waals surface area contributed by atoms with Gasteiger partial charge in [0.2, 0.25) is 5.88 Å². The number of H-pyrrole nitrogens is 1. The van der Waals surface area contributed by atoms with Crippen LogP contribution in [0.25, 0.3) is 11.2 Å². The zero-order chi connectivity index (χ0) is 19.5. The monoisotopic (exact) mass is 384 g/mol. The molecule has 9 heteroatoms. The molecule has 0 bridgehead atoms. The third kappa shape index (κ3) is 3.57. The molecule has 0 atom stereocenters. The van der Waals surface area contributed by atoms with Crippen molar-refractivity contribution >= 4 is 11.2 Å². The van der Waals surface area contributed by atoms with Crippen molar-refractivity contribution in [2.24, 2.45) is 0 Å². The number of nitrogens with zero attached hydrogens (tertiary/aromatic N) is 4. The Labute approximate surface area is 162 Å². The molecule has 1 saturated heterocycles. The molecule has 28 heavy (non-hydrogen) atoms. The van der Waals surface area contributed by atoms with Gasteiger partial charge in [0, 0.05) is 18.5 Å². The van der Waals surface area contributed by atoms with Crippen LogP contribution in [0.1, 0.15) is 37.9 Å². The molecule has 0 spiro atoms. The van der Waals surface area contributed by atoms with Crippen molar-refractivity contribution in [3.05, 3.63) is 34.5 Å². The lowest BCUT2D eigenvalue weighted by molar-refractivity contribution is 0.392. The lowest BCUT2D eigenvalue weighted by Gasteiger charge is -2.22. The first-order chi connectivity index (χ1) is 13.7. The number of methoxy groups -OCH3 is 1. The van der Waals surface area contributed by atoms with E-state index in [0.717, 1.165) is 44.7 Å². The molecule has 4 rings (SSSR count). The fourth-order valence-electron chi connectivity index (χ4n) is 3.59. The standard InChI is InChI=1S/C19H24N6O3/c1-3-10-25-15-16(22-17(25)12-6-8-20-9-7-12)23-19(24-18(15)26)28-13-4-5-14(27-2)21-11-13/h4-5,11-12,20H,3,6-10H2,1-2H3,(H,23,24,26). The molecule has 1 aliphatic rings. The summed E-state index contributed by atoms with van der Waals surface area (Å²) in [5.41, 5.74) is 0.681. The largest absolute Gasteiger partial charge is 0.481 e. The predicted octanol–water partition coefficient (Wildman–Crippen LogP) is 2.19. The summed E-state index contributed by atoms with van der Waals surface area (Å²) in [4.78, 5) is 28.8. The van der Waals surface area contributed by atoms with Crippen LogP contribution in [0.4, 0.5) is 0 Å². The molecule has 1 fully saturated rings. The van der Waals surface area contributed by atoms with E-state index < -0.39 is 0 Å². The number of aryl methyl sites for hydroxylation is 1. The van der Waals surface area contributed by atoms with Gasteiger partial charge in [0.1, 0.15) is 11.6 Å². The van der Waals surface area contributed by atoms with E-state index in [2.05, 4.69) is 27.2 Å². The summed E-state index contributed by atoms with van der Waals surface area (Å²) >= 11 is 0. The lowest BCUT2D eigenvalue weighted by Crippen LogP contribution is -2.28. The van der Waals surface area contributed by atoms with E-state index in [4.69, 9.17) is 14.5 Å². The van der Waals surface area contributed by atoms with Crippen molar-refractivity contribution in [1.82, 2.24) is 29.8 Å². The molecule has 0 aliphatic carbocycles. The summed E-state index contributed by atoms with van der Waals surface area (Å²) in [6.45, 7) is 4.75. The Hall–Kier alpha value is -2.94. The van der Waals surface area contributed by atoms with Crippen molar-refractivity contribution in [1.29, 1.82) is 0 Å². The maximum absolute atomic E-state index is 12.8. The minimum absolute atomic E-state index is 0.0995. The molecule has 1 aliphatic heterocycles. The maximum atomic E-state index is 12.8. The molecule has 0 aromatic carbocycles. The third-order valence-electron chi connectivity index (χ3n) is 4.91. The van der Waals surface area contributed by atoms with Gasteiger partial charge in [0.15, 0.2) is 11.2 Å². The van der Waals surface area contributed by atoms with Gasteiger partial charge in [-0.3, -0.25) is 9.78 Å². The molecule has 0 saturated carbocycles. The van der Waals surface area contributed by atoms with Gasteiger partial charge in [-0.15, -0.1) is 0 Å². The van der Waals surface area contributed by atoms with E-state index in [1.165, 1.54) is 6.20 Å². The van der Waals surface area contributed by atoms with Gasteiger partial charge in [-0.2, -0.15) is 4.98 Å². The van der Waals surface area contributed by atoms with Crippen LogP contribution in [0.15, 0.2) is 23.1 Å². The second kappa shape index (κ2) is 7.97. The molecule has 9 nitrogen and oxygen atoms in total. The van der Waals surface area contributed by atoms with Gasteiger partial charge in [0.25, 0.3) is 5.56 Å². The molecular weight excluding hydrogens is 360 g/mol. The smallest absolute Gasteiger partial charge is 0.304 e. The number of hydrogen-bond donors (Lipinski definition) is 2. The summed E-state index contributed by atoms with van der Waals surface area (Å²) in [5.74, 6) is 2.21. The molecule has 2 N–H and O–H groups in total. The van der Waals surface area contributed by atoms with E-state index in [9.17, 15) is 4.79 Å². The van der Waals surface area contributed by atoms with E-state index >= 15 is 0 Å². The fourth-order valence-corrected chi connectivity index (χ4v) is 3.59. The van der Waals surface area contributed by atoms with E-state index in [1.54, 1.807) is 19.2 Å². The van der Waals surface area contributed by atoms with E-state index in [0.29, 0.717) is 28.7 Å². The summed E-state index contributed by atoms with van der Waals surface area (Å²) in [6.07, 6.45) is 4.44. The summed E-state index contributed by atoms with van der Waals surface area (Å²) in [6, 6.07) is 3.48. The van der Waals surface area contributed by atoms with E-state index in [-0.39, 0.29) is 11.6 Å². The summed E-state index contributed by atoms with van der Waals surface area (Å²) in [5, 5.41) is 3.37. The highest BCUT2D eigenvalue weighted by atomic mass is 16.5. The molecule has 3 aromatic heterocycles. The number of piperidine rings is 1. The number of pyridine rings is 1. The highest BCUT2D eigenvalue weighted by Gasteiger charge is 2.24. The quantitative estimate of drug-likeness (QED) is 0.671. The number of nitrogens with one attached hydrogen (secondary N) is 2. The highest BCUT2D eigenvalue weighted by molar-refractivity contribution is 5.71. The van der Waals surface area contributed by atoms with Crippen molar-refractivity contribution in [3.8, 4) is 17.6 Å². The Morgan fingerprint density at radius 1 is 1.25 bits per heavy atom. The van der Waals surface area contributed by atoms with Crippen LogP contribution in [-0.2, 0) is 6.54 Å². The Bertz CT molecular complexity index is 1000. The topological polar surface area (TPSA) is 107 Å². The van der Waals surface area contributed by atoms with Gasteiger partial charge >= 0.3 is 6.01 Å². The zero-order valence-electron chi connectivity index (χ0n) is 16.1. The maximum Gasteiger partial charge on any atom is 0.304 e. The first-order valence-corrected chi connectivity index (χ1v) is 9.58. The Morgan fingerprint density at radius 3 is 2.75 bits per heavy atom. The summed E-state index contributed by atoms with van der Waals surface area (Å²) < 4.78 is 12.7. The van der Waals surface area contributed by atoms with Gasteiger partial charge in [-0.05, 0) is 38.4 Å². The van der Waals surface area contributed by atoms with Crippen LogP contribution < -0.4 is 20.3 Å².